The van der Waals surface area contributed by atoms with Crippen molar-refractivity contribution in [3.63, 3.8) is 0 Å². The fraction of sp³-hybridized carbons (Fsp3) is 0. The first-order chi connectivity index (χ1) is 3.79. The largest absolute Gasteiger partial charge is 0.290 e. The molecule has 0 aliphatic heterocycles. The molecule has 0 aromatic carbocycles. The number of hydrogen-bond acceptors (Lipinski definition) is 2. The van der Waals surface area contributed by atoms with Crippen molar-refractivity contribution in [1.82, 2.24) is 0 Å². The van der Waals surface area contributed by atoms with Crippen LogP contribution in [0.25, 0.3) is 0 Å². The van der Waals surface area contributed by atoms with E-state index in [4.69, 9.17) is 0 Å². The van der Waals surface area contributed by atoms with Crippen LogP contribution < -0.4 is 0 Å². The average molecular weight is 223 g/mol. The summed E-state index contributed by atoms with van der Waals surface area (Å²) in [4.78, 5) is 20.6. The van der Waals surface area contributed by atoms with E-state index in [1.165, 1.54) is 24.3 Å². The second-order valence-electron chi connectivity index (χ2n) is 1.47. The fourth-order valence-corrected chi connectivity index (χ4v) is 0.440. The van der Waals surface area contributed by atoms with E-state index < -0.39 is 0 Å². The molecule has 0 atom stereocenters. The van der Waals surface area contributed by atoms with Crippen molar-refractivity contribution in [1.29, 1.82) is 0 Å². The van der Waals surface area contributed by atoms with Gasteiger partial charge in [-0.2, -0.15) is 0 Å². The summed E-state index contributed by atoms with van der Waals surface area (Å²) >= 11 is 0. The molecule has 4 heteroatoms. The summed E-state index contributed by atoms with van der Waals surface area (Å²) < 4.78 is 0. The maximum absolute atomic E-state index is 10.3. The first-order valence-corrected chi connectivity index (χ1v) is 2.23. The number of allylic oxidation sites excluding steroid dienone is 4. The molecule has 10 heavy (non-hydrogen) atoms. The van der Waals surface area contributed by atoms with Crippen molar-refractivity contribution in [3.8, 4) is 0 Å². The minimum atomic E-state index is -0.121. The van der Waals surface area contributed by atoms with Crippen molar-refractivity contribution in [3.05, 3.63) is 24.3 Å². The van der Waals surface area contributed by atoms with Gasteiger partial charge in [0.2, 0.25) is 0 Å². The molecule has 0 aromatic heterocycles. The Balaban J connectivity index is 0. The van der Waals surface area contributed by atoms with Gasteiger partial charge in [0.1, 0.15) is 0 Å². The molecule has 0 bridgehead atoms. The predicted octanol–water partition coefficient (Wildman–Crippen LogP) is 0.246. The zero-order valence-electron chi connectivity index (χ0n) is 4.81. The van der Waals surface area contributed by atoms with Gasteiger partial charge in [-0.05, 0) is 24.3 Å². The molecule has 0 fully saturated rings. The Morgan fingerprint density at radius 1 is 0.800 bits per heavy atom. The van der Waals surface area contributed by atoms with Crippen molar-refractivity contribution in [2.24, 2.45) is 0 Å². The molecule has 57 valence electrons. The molecule has 0 saturated heterocycles. The molecule has 0 saturated carbocycles. The Kier molecular flexibility index (Phi) is 7.03. The maximum Gasteiger partial charge on any atom is 0.178 e. The second-order valence-corrected chi connectivity index (χ2v) is 1.47. The van der Waals surface area contributed by atoms with E-state index in [1.54, 1.807) is 0 Å². The number of ketones is 2. The van der Waals surface area contributed by atoms with Gasteiger partial charge in [0.25, 0.3) is 0 Å². The third-order valence-electron chi connectivity index (χ3n) is 0.824. The van der Waals surface area contributed by atoms with Crippen LogP contribution in [0.15, 0.2) is 24.3 Å². The molecule has 0 aromatic rings. The number of hydrogen-bond donors (Lipinski definition) is 0. The van der Waals surface area contributed by atoms with Gasteiger partial charge in [-0.25, -0.2) is 0 Å². The summed E-state index contributed by atoms with van der Waals surface area (Å²) in [7, 11) is 0. The van der Waals surface area contributed by atoms with Gasteiger partial charge in [-0.1, -0.05) is 0 Å². The molecule has 0 amide bonds. The molecule has 1 aliphatic carbocycles. The van der Waals surface area contributed by atoms with Crippen LogP contribution in [0.2, 0.25) is 0 Å². The maximum atomic E-state index is 10.3. The first-order valence-electron chi connectivity index (χ1n) is 2.23. The summed E-state index contributed by atoms with van der Waals surface area (Å²) in [6, 6.07) is 0. The molecule has 1 rings (SSSR count). The minimum Gasteiger partial charge on any atom is -0.290 e. The van der Waals surface area contributed by atoms with E-state index in [0.29, 0.717) is 0 Å². The smallest absolute Gasteiger partial charge is 0.178 e. The Morgan fingerprint density at radius 3 is 1.20 bits per heavy atom. The van der Waals surface area contributed by atoms with Crippen LogP contribution in [0.4, 0.5) is 0 Å². The third kappa shape index (κ3) is 3.79. The number of carbonyl (C=O) groups is 2. The topological polar surface area (TPSA) is 34.1 Å². The Hall–Kier alpha value is -0.154. The number of rotatable bonds is 0. The predicted molar refractivity (Wildman–Crippen MR) is 28.3 cm³/mol. The van der Waals surface area contributed by atoms with E-state index in [2.05, 4.69) is 0 Å². The van der Waals surface area contributed by atoms with Crippen LogP contribution in [0, 0.1) is 0 Å². The number of carbonyl (C=O) groups excluding carboxylic acids is 2. The summed E-state index contributed by atoms with van der Waals surface area (Å²) in [5.41, 5.74) is 0. The Morgan fingerprint density at radius 2 is 1.00 bits per heavy atom. The van der Waals surface area contributed by atoms with Gasteiger partial charge >= 0.3 is 0 Å². The summed E-state index contributed by atoms with van der Waals surface area (Å²) in [6.45, 7) is 0. The van der Waals surface area contributed by atoms with E-state index in [9.17, 15) is 9.59 Å². The van der Waals surface area contributed by atoms with Crippen LogP contribution in [-0.4, -0.2) is 11.6 Å². The first kappa shape index (κ1) is 12.5. The van der Waals surface area contributed by atoms with Crippen LogP contribution >= 0.6 is 0 Å². The average Bonchev–Trinajstić information content (AvgIpc) is 1.77. The van der Waals surface area contributed by atoms with E-state index in [1.807, 2.05) is 0 Å². The van der Waals surface area contributed by atoms with E-state index in [-0.39, 0.29) is 45.4 Å². The zero-order valence-corrected chi connectivity index (χ0v) is 6.96. The Labute approximate surface area is 79.4 Å². The van der Waals surface area contributed by atoms with Crippen molar-refractivity contribution in [2.45, 2.75) is 0 Å². The van der Waals surface area contributed by atoms with Gasteiger partial charge in [-0.15, -0.1) is 0 Å². The third-order valence-corrected chi connectivity index (χ3v) is 0.824. The zero-order chi connectivity index (χ0) is 5.98. The van der Waals surface area contributed by atoms with Gasteiger partial charge in [0.15, 0.2) is 11.6 Å². The van der Waals surface area contributed by atoms with Crippen LogP contribution in [0.1, 0.15) is 0 Å². The monoisotopic (exact) mass is 223 g/mol. The van der Waals surface area contributed by atoms with E-state index in [0.717, 1.165) is 0 Å². The molecular weight excluding hydrogens is 219 g/mol. The van der Waals surface area contributed by atoms with Crippen LogP contribution in [0.3, 0.4) is 0 Å². The van der Waals surface area contributed by atoms with Crippen molar-refractivity contribution in [2.75, 3.05) is 0 Å². The molecular formula is C6H4CoFeO2. The van der Waals surface area contributed by atoms with Gasteiger partial charge in [0.05, 0.1) is 0 Å². The van der Waals surface area contributed by atoms with Gasteiger partial charge < -0.3 is 0 Å². The van der Waals surface area contributed by atoms with Crippen LogP contribution in [0.5, 0.6) is 0 Å². The summed E-state index contributed by atoms with van der Waals surface area (Å²) in [5, 5.41) is 0. The summed E-state index contributed by atoms with van der Waals surface area (Å²) in [5.74, 6) is -0.241. The van der Waals surface area contributed by atoms with Crippen molar-refractivity contribution < 1.29 is 43.4 Å². The SMILES string of the molecule is O=C1C=CC(=O)C=C1.[Co].[Fe]. The van der Waals surface area contributed by atoms with Gasteiger partial charge in [0, 0.05) is 33.8 Å². The molecule has 0 N–H and O–H groups in total. The molecule has 1 aliphatic rings. The molecule has 2 nitrogen and oxygen atoms in total. The van der Waals surface area contributed by atoms with Gasteiger partial charge in [-0.3, -0.25) is 9.59 Å². The fourth-order valence-electron chi connectivity index (χ4n) is 0.440. The Bertz CT molecular complexity index is 158. The van der Waals surface area contributed by atoms with E-state index >= 15 is 0 Å². The molecule has 0 spiro atoms. The standard InChI is InChI=1S/C6H4O2.Co.Fe/c7-5-1-2-6(8)4-3-5;;/h1-4H;;. The van der Waals surface area contributed by atoms with Crippen molar-refractivity contribution >= 4 is 11.6 Å². The second kappa shape index (κ2) is 5.62. The molecule has 0 heterocycles. The summed E-state index contributed by atoms with van der Waals surface area (Å²) in [6.07, 6.45) is 5.01. The molecule has 1 radical (unpaired) electrons. The van der Waals surface area contributed by atoms with Crippen LogP contribution in [-0.2, 0) is 43.4 Å². The molecule has 0 unspecified atom stereocenters. The quantitative estimate of drug-likeness (QED) is 0.435. The normalized spacial score (nSPS) is 14.0. The minimum absolute atomic E-state index is 0.